The number of likely N-dealkylation sites (tertiary alicyclic amines) is 1. The van der Waals surface area contributed by atoms with Crippen molar-refractivity contribution in [2.45, 2.75) is 30.4 Å². The maximum atomic E-state index is 13.3. The molecule has 0 spiro atoms. The van der Waals surface area contributed by atoms with Gasteiger partial charge in [0.1, 0.15) is 11.6 Å². The molecule has 0 saturated carbocycles. The molecule has 0 amide bonds. The quantitative estimate of drug-likeness (QED) is 0.349. The molecule has 1 aliphatic heterocycles. The van der Waals surface area contributed by atoms with Crippen LogP contribution in [0.2, 0.25) is 5.02 Å². The number of thioether (sulfide) groups is 1. The average molecular weight is 534 g/mol. The van der Waals surface area contributed by atoms with Gasteiger partial charge in [0, 0.05) is 48.3 Å². The highest BCUT2D eigenvalue weighted by Crippen LogP contribution is 2.37. The largest absolute Gasteiger partial charge is 0.497 e. The van der Waals surface area contributed by atoms with E-state index in [0.717, 1.165) is 18.4 Å². The first-order valence-electron chi connectivity index (χ1n) is 11.9. The number of hydrogen-bond donors (Lipinski definition) is 2. The Morgan fingerprint density at radius 1 is 1.33 bits per heavy atom. The van der Waals surface area contributed by atoms with Gasteiger partial charge in [-0.15, -0.1) is 11.8 Å². The van der Waals surface area contributed by atoms with Crippen LogP contribution in [0.4, 0.5) is 4.39 Å². The van der Waals surface area contributed by atoms with Crippen molar-refractivity contribution in [3.63, 3.8) is 0 Å². The van der Waals surface area contributed by atoms with Crippen LogP contribution in [-0.4, -0.2) is 63.5 Å². The summed E-state index contributed by atoms with van der Waals surface area (Å²) in [6.07, 6.45) is 3.81. The summed E-state index contributed by atoms with van der Waals surface area (Å²) in [4.78, 5) is 22.7. The van der Waals surface area contributed by atoms with Gasteiger partial charge < -0.3 is 19.8 Å². The van der Waals surface area contributed by atoms with Gasteiger partial charge in [-0.05, 0) is 56.0 Å². The maximum absolute atomic E-state index is 13.3. The van der Waals surface area contributed by atoms with E-state index in [2.05, 4.69) is 14.9 Å². The maximum Gasteiger partial charge on any atom is 0.308 e. The number of aliphatic hydroxyl groups is 1. The number of aliphatic hydroxyl groups excluding tert-OH is 1. The summed E-state index contributed by atoms with van der Waals surface area (Å²) in [5.74, 6) is -0.370. The number of benzene rings is 1. The van der Waals surface area contributed by atoms with E-state index >= 15 is 0 Å². The van der Waals surface area contributed by atoms with Crippen LogP contribution < -0.4 is 4.74 Å². The van der Waals surface area contributed by atoms with Gasteiger partial charge in [0.15, 0.2) is 0 Å². The number of halogens is 2. The zero-order valence-electron chi connectivity index (χ0n) is 19.9. The van der Waals surface area contributed by atoms with E-state index in [-0.39, 0.29) is 11.7 Å². The Kier molecular flexibility index (Phi) is 9.00. The third-order valence-electron chi connectivity index (χ3n) is 6.72. The molecule has 36 heavy (non-hydrogen) atoms. The molecule has 1 aliphatic rings. The van der Waals surface area contributed by atoms with Crippen molar-refractivity contribution in [3.05, 3.63) is 59.1 Å². The van der Waals surface area contributed by atoms with Gasteiger partial charge in [0.25, 0.3) is 0 Å². The van der Waals surface area contributed by atoms with E-state index in [0.29, 0.717) is 58.6 Å². The molecule has 192 valence electrons. The Balaban J connectivity index is 1.36. The number of nitrogens with zero attached hydrogens (tertiary/aromatic N) is 3. The minimum Gasteiger partial charge on any atom is -0.497 e. The molecule has 2 aromatic heterocycles. The van der Waals surface area contributed by atoms with Crippen LogP contribution in [0.3, 0.4) is 0 Å². The van der Waals surface area contributed by atoms with Crippen LogP contribution in [0.15, 0.2) is 47.8 Å². The highest BCUT2D eigenvalue weighted by Gasteiger charge is 2.34. The number of rotatable bonds is 10. The van der Waals surface area contributed by atoms with Gasteiger partial charge in [0.05, 0.1) is 34.7 Å². The van der Waals surface area contributed by atoms with Gasteiger partial charge in [-0.2, -0.15) is 0 Å². The molecule has 3 heterocycles. The number of carbonyl (C=O) groups is 1. The minimum absolute atomic E-state index is 0.0487. The molecule has 0 radical (unpaired) electrons. The first-order valence-corrected chi connectivity index (χ1v) is 13.2. The molecule has 4 rings (SSSR count). The third kappa shape index (κ3) is 6.45. The zero-order valence-corrected chi connectivity index (χ0v) is 21.5. The number of aliphatic carboxylic acids is 1. The fourth-order valence-electron chi connectivity index (χ4n) is 4.79. The molecule has 3 atom stereocenters. The number of fused-ring (bicyclic) bond motifs is 1. The smallest absolute Gasteiger partial charge is 0.308 e. The van der Waals surface area contributed by atoms with E-state index in [1.165, 1.54) is 36.3 Å². The van der Waals surface area contributed by atoms with E-state index in [1.807, 2.05) is 12.1 Å². The lowest BCUT2D eigenvalue weighted by Gasteiger charge is -2.37. The van der Waals surface area contributed by atoms with Crippen LogP contribution in [0, 0.1) is 17.7 Å². The summed E-state index contributed by atoms with van der Waals surface area (Å²) in [6, 6.07) is 8.14. The zero-order chi connectivity index (χ0) is 25.7. The molecular formula is C26H29ClFN3O4S. The topological polar surface area (TPSA) is 95.8 Å². The molecule has 0 bridgehead atoms. The number of carboxylic acid groups (broad SMARTS) is 1. The average Bonchev–Trinajstić information content (AvgIpc) is 2.87. The molecule has 1 saturated heterocycles. The van der Waals surface area contributed by atoms with Gasteiger partial charge in [-0.25, -0.2) is 9.37 Å². The van der Waals surface area contributed by atoms with E-state index < -0.39 is 18.0 Å². The molecule has 10 heteroatoms. The molecule has 2 unspecified atom stereocenters. The highest BCUT2D eigenvalue weighted by molar-refractivity contribution is 7.99. The molecule has 2 N–H and O–H groups in total. The predicted octanol–water partition coefficient (Wildman–Crippen LogP) is 5.06. The van der Waals surface area contributed by atoms with Gasteiger partial charge in [-0.1, -0.05) is 11.6 Å². The Morgan fingerprint density at radius 2 is 2.17 bits per heavy atom. The number of carboxylic acids is 1. The van der Waals surface area contributed by atoms with E-state index in [1.54, 1.807) is 13.2 Å². The second-order valence-electron chi connectivity index (χ2n) is 8.95. The summed E-state index contributed by atoms with van der Waals surface area (Å²) in [6.45, 7) is 1.92. The third-order valence-corrected chi connectivity index (χ3v) is 7.93. The first kappa shape index (κ1) is 26.6. The Labute approximate surface area is 218 Å². The number of piperidine rings is 1. The Hall–Kier alpha value is -2.46. The summed E-state index contributed by atoms with van der Waals surface area (Å²) >= 11 is 7.88. The number of methoxy groups -OCH3 is 1. The molecular weight excluding hydrogens is 505 g/mol. The lowest BCUT2D eigenvalue weighted by atomic mass is 9.81. The minimum atomic E-state index is -0.849. The van der Waals surface area contributed by atoms with Crippen molar-refractivity contribution >= 4 is 40.2 Å². The van der Waals surface area contributed by atoms with E-state index in [9.17, 15) is 19.4 Å². The van der Waals surface area contributed by atoms with Crippen LogP contribution in [0.1, 0.15) is 30.9 Å². The lowest BCUT2D eigenvalue weighted by molar-refractivity contribution is -0.146. The predicted molar refractivity (Wildman–Crippen MR) is 138 cm³/mol. The molecule has 1 fully saturated rings. The molecule has 1 aromatic carbocycles. The van der Waals surface area contributed by atoms with E-state index in [4.69, 9.17) is 16.3 Å². The molecule has 3 aromatic rings. The summed E-state index contributed by atoms with van der Waals surface area (Å²) < 4.78 is 18.7. The number of pyridine rings is 2. The van der Waals surface area contributed by atoms with Gasteiger partial charge in [-0.3, -0.25) is 9.78 Å². The van der Waals surface area contributed by atoms with Crippen molar-refractivity contribution in [2.24, 2.45) is 11.8 Å². The van der Waals surface area contributed by atoms with Crippen LogP contribution in [0.25, 0.3) is 10.9 Å². The second-order valence-corrected chi connectivity index (χ2v) is 10.5. The van der Waals surface area contributed by atoms with Crippen molar-refractivity contribution in [2.75, 3.05) is 32.5 Å². The fourth-order valence-corrected chi connectivity index (χ4v) is 5.96. The lowest BCUT2D eigenvalue weighted by Crippen LogP contribution is -2.44. The fraction of sp³-hybridized carbons (Fsp3) is 0.423. The van der Waals surface area contributed by atoms with Crippen molar-refractivity contribution in [3.8, 4) is 5.75 Å². The number of aromatic nitrogens is 2. The molecule has 7 nitrogen and oxygen atoms in total. The highest BCUT2D eigenvalue weighted by atomic mass is 35.5. The van der Waals surface area contributed by atoms with Crippen LogP contribution in [-0.2, 0) is 4.79 Å². The standard InChI is InChI=1S/C26H29ClFN3O4S/c1-35-18-3-4-22-19(13-18)25(21(27)14-30-22)23(32)5-2-16-7-9-31(15-20(16)26(33)34)10-11-36-24-12-17(28)6-8-29-24/h3-4,6,8,12-14,16,20,23,32H,2,5,7,9-11,15H2,1H3,(H,33,34)/t16?,20?,23-/m1/s1. The van der Waals surface area contributed by atoms with Gasteiger partial charge >= 0.3 is 5.97 Å². The summed E-state index contributed by atoms with van der Waals surface area (Å²) in [5.41, 5.74) is 1.30. The Bertz CT molecular complexity index is 1220. The second kappa shape index (κ2) is 12.2. The van der Waals surface area contributed by atoms with Crippen LogP contribution in [0.5, 0.6) is 5.75 Å². The van der Waals surface area contributed by atoms with Crippen molar-refractivity contribution < 1.29 is 24.1 Å². The SMILES string of the molecule is COc1ccc2ncc(Cl)c([C@H](O)CCC3CCN(CCSc4cc(F)ccn4)CC3C(=O)O)c2c1. The van der Waals surface area contributed by atoms with Crippen LogP contribution >= 0.6 is 23.4 Å². The van der Waals surface area contributed by atoms with Crippen molar-refractivity contribution in [1.29, 1.82) is 0 Å². The Morgan fingerprint density at radius 3 is 2.92 bits per heavy atom. The number of hydrogen-bond acceptors (Lipinski definition) is 7. The number of ether oxygens (including phenoxy) is 1. The molecule has 0 aliphatic carbocycles. The van der Waals surface area contributed by atoms with Crippen molar-refractivity contribution in [1.82, 2.24) is 14.9 Å². The summed E-state index contributed by atoms with van der Waals surface area (Å²) in [5, 5.41) is 22.7. The first-order chi connectivity index (χ1) is 17.4. The summed E-state index contributed by atoms with van der Waals surface area (Å²) in [7, 11) is 1.57. The van der Waals surface area contributed by atoms with Gasteiger partial charge in [0.2, 0.25) is 0 Å². The monoisotopic (exact) mass is 533 g/mol. The normalized spacial score (nSPS) is 19.3.